The Bertz CT molecular complexity index is 1710. The Hall–Kier alpha value is -1.02. The first kappa shape index (κ1) is 53.8. The molecule has 7 fully saturated rings. The van der Waals surface area contributed by atoms with Crippen molar-refractivity contribution in [3.05, 3.63) is 11.6 Å². The fraction of sp³-hybridized carbons (Fsp3) is 0.958. The zero-order chi connectivity index (χ0) is 49.5. The lowest BCUT2D eigenvalue weighted by Crippen LogP contribution is -2.70. The third-order valence-corrected chi connectivity index (χ3v) is 18.7. The van der Waals surface area contributed by atoms with Gasteiger partial charge in [-0.1, -0.05) is 46.3 Å². The molecule has 0 amide bonds. The number of rotatable bonds is 13. The number of ether oxygens (including phenoxy) is 6. The van der Waals surface area contributed by atoms with Crippen LogP contribution in [0.4, 0.5) is 0 Å². The second-order valence-electron chi connectivity index (χ2n) is 23.1. The van der Waals surface area contributed by atoms with Gasteiger partial charge in [-0.25, -0.2) is 0 Å². The average Bonchev–Trinajstić information content (AvgIpc) is 3.65. The Balaban J connectivity index is 1.15. The quantitative estimate of drug-likeness (QED) is 0.0773. The van der Waals surface area contributed by atoms with Crippen LogP contribution in [0.2, 0.25) is 0 Å². The Morgan fingerprint density at radius 1 is 0.612 bits per heavy atom. The molecule has 0 aromatic heterocycles. The molecule has 7 aliphatic rings. The Labute approximate surface area is 393 Å². The first-order valence-electron chi connectivity index (χ1n) is 24.5. The minimum Gasteiger partial charge on any atom is -0.394 e. The monoisotopic (exact) mass is 963 g/mol. The van der Waals surface area contributed by atoms with Crippen molar-refractivity contribution in [2.24, 2.45) is 45.3 Å². The topological polar surface area (TPSA) is 318 Å². The van der Waals surface area contributed by atoms with E-state index in [0.717, 1.165) is 24.8 Å². The summed E-state index contributed by atoms with van der Waals surface area (Å²) in [7, 11) is 0. The maximum atomic E-state index is 12.7. The maximum Gasteiger partial charge on any atom is 0.187 e. The molecular weight excluding hydrogens is 881 g/mol. The number of hydrogen-bond acceptors (Lipinski definition) is 19. The van der Waals surface area contributed by atoms with E-state index >= 15 is 0 Å². The molecule has 67 heavy (non-hydrogen) atoms. The lowest BCUT2D eigenvalue weighted by molar-refractivity contribution is -0.383. The normalized spacial score (nSPS) is 52.9. The van der Waals surface area contributed by atoms with Crippen LogP contribution < -0.4 is 0 Å². The number of fused-ring (bicyclic) bond motifs is 5. The van der Waals surface area contributed by atoms with Gasteiger partial charge in [0.1, 0.15) is 73.2 Å². The summed E-state index contributed by atoms with van der Waals surface area (Å²) in [5, 5.41) is 141. The van der Waals surface area contributed by atoms with Gasteiger partial charge in [-0.15, -0.1) is 0 Å². The van der Waals surface area contributed by atoms with E-state index in [1.165, 1.54) is 0 Å². The van der Waals surface area contributed by atoms with Gasteiger partial charge in [0.15, 0.2) is 18.9 Å². The van der Waals surface area contributed by atoms with E-state index in [1.807, 2.05) is 34.6 Å². The summed E-state index contributed by atoms with van der Waals surface area (Å²) in [5.41, 5.74) is -1.96. The summed E-state index contributed by atoms with van der Waals surface area (Å²) in [6, 6.07) is 0. The van der Waals surface area contributed by atoms with Crippen LogP contribution in [0, 0.1) is 45.3 Å². The Morgan fingerprint density at radius 2 is 1.13 bits per heavy atom. The van der Waals surface area contributed by atoms with Crippen LogP contribution in [0.1, 0.15) is 107 Å². The van der Waals surface area contributed by atoms with Crippen LogP contribution in [-0.4, -0.2) is 202 Å². The van der Waals surface area contributed by atoms with Gasteiger partial charge in [0.05, 0.1) is 43.7 Å². The van der Waals surface area contributed by atoms with E-state index in [2.05, 4.69) is 26.8 Å². The highest BCUT2D eigenvalue weighted by atomic mass is 16.8. The fourth-order valence-corrected chi connectivity index (χ4v) is 15.0. The number of hydrogen-bond donors (Lipinski definition) is 13. The van der Waals surface area contributed by atoms with Gasteiger partial charge in [0.25, 0.3) is 0 Å². The van der Waals surface area contributed by atoms with E-state index in [4.69, 9.17) is 28.4 Å². The molecule has 0 bridgehead atoms. The Kier molecular flexibility index (Phi) is 15.9. The second kappa shape index (κ2) is 19.8. The largest absolute Gasteiger partial charge is 0.394 e. The van der Waals surface area contributed by atoms with Crippen molar-refractivity contribution >= 4 is 0 Å². The number of aliphatic hydroxyl groups excluding tert-OH is 13. The van der Waals surface area contributed by atoms with Crippen LogP contribution in [0.5, 0.6) is 0 Å². The van der Waals surface area contributed by atoms with E-state index < -0.39 is 152 Å². The standard InChI is InChI=1S/C48H82O19/c1-21(2)10-9-13-48(8,67-42-38(61)35(58)32(55)26(19-50)63-42)22-11-14-47(7)30(22)23(52)16-29-45(5)17-24(53)40(44(3,4)28(45)12-15-46(29,47)6)66-43-39(36(59)33(56)27(20-51)64-43)65-41-37(60)34(57)31(54)25(18-49)62-41/h10,22-43,49-61H,9,11-20H2,1-8H3/t22-,23+,24+,25+,26+,27+,28?,29?,30-,31+,32+,33+,34-,35-,36-,37+,38+,39+,40-,41-,42-,43-,45-,46+,47+,48-/m0/s1. The number of aliphatic hydroxyl groups is 13. The highest BCUT2D eigenvalue weighted by molar-refractivity contribution is 5.21. The van der Waals surface area contributed by atoms with Crippen molar-refractivity contribution in [3.63, 3.8) is 0 Å². The third-order valence-electron chi connectivity index (χ3n) is 18.7. The zero-order valence-corrected chi connectivity index (χ0v) is 40.3. The van der Waals surface area contributed by atoms with Crippen molar-refractivity contribution in [1.29, 1.82) is 0 Å². The minimum absolute atomic E-state index is 0.0733. The number of allylic oxidation sites excluding steroid dienone is 2. The summed E-state index contributed by atoms with van der Waals surface area (Å²) < 4.78 is 36.9. The highest BCUT2D eigenvalue weighted by Gasteiger charge is 2.73. The molecule has 19 heteroatoms. The molecule has 13 N–H and O–H groups in total. The zero-order valence-electron chi connectivity index (χ0n) is 40.3. The molecule has 7 rings (SSSR count). The van der Waals surface area contributed by atoms with Crippen LogP contribution in [0.25, 0.3) is 0 Å². The van der Waals surface area contributed by atoms with Gasteiger partial charge in [0.2, 0.25) is 0 Å². The minimum atomic E-state index is -1.85. The fourth-order valence-electron chi connectivity index (χ4n) is 15.0. The summed E-state index contributed by atoms with van der Waals surface area (Å²) >= 11 is 0. The highest BCUT2D eigenvalue weighted by Crippen LogP contribution is 2.76. The predicted octanol–water partition coefficient (Wildman–Crippen LogP) is -1.06. The second-order valence-corrected chi connectivity index (χ2v) is 23.1. The average molecular weight is 963 g/mol. The van der Waals surface area contributed by atoms with Crippen LogP contribution in [-0.2, 0) is 28.4 Å². The van der Waals surface area contributed by atoms with Gasteiger partial charge in [-0.3, -0.25) is 0 Å². The van der Waals surface area contributed by atoms with Crippen molar-refractivity contribution in [2.45, 2.75) is 223 Å². The molecule has 0 spiro atoms. The first-order chi connectivity index (χ1) is 31.3. The van der Waals surface area contributed by atoms with E-state index in [9.17, 15) is 66.4 Å². The molecule has 19 nitrogen and oxygen atoms in total. The molecule has 26 atom stereocenters. The molecule has 2 unspecified atom stereocenters. The van der Waals surface area contributed by atoms with Gasteiger partial charge in [-0.2, -0.15) is 0 Å². The van der Waals surface area contributed by atoms with Gasteiger partial charge >= 0.3 is 0 Å². The molecule has 0 radical (unpaired) electrons. The molecule has 3 heterocycles. The maximum absolute atomic E-state index is 12.7. The lowest BCUT2D eigenvalue weighted by Gasteiger charge is -2.71. The predicted molar refractivity (Wildman–Crippen MR) is 235 cm³/mol. The van der Waals surface area contributed by atoms with Crippen LogP contribution >= 0.6 is 0 Å². The summed E-state index contributed by atoms with van der Waals surface area (Å²) in [4.78, 5) is 0. The van der Waals surface area contributed by atoms with Crippen LogP contribution in [0.3, 0.4) is 0 Å². The molecule has 3 aliphatic heterocycles. The first-order valence-corrected chi connectivity index (χ1v) is 24.5. The molecule has 3 saturated heterocycles. The van der Waals surface area contributed by atoms with Crippen molar-refractivity contribution in [1.82, 2.24) is 0 Å². The molecule has 0 aromatic carbocycles. The van der Waals surface area contributed by atoms with Crippen LogP contribution in [0.15, 0.2) is 11.6 Å². The lowest BCUT2D eigenvalue weighted by atomic mass is 9.35. The molecule has 0 aromatic rings. The van der Waals surface area contributed by atoms with Gasteiger partial charge in [0, 0.05) is 0 Å². The summed E-state index contributed by atoms with van der Waals surface area (Å²) in [6.07, 6.45) is -19.6. The Morgan fingerprint density at radius 3 is 1.70 bits per heavy atom. The molecule has 4 saturated carbocycles. The van der Waals surface area contributed by atoms with E-state index in [0.29, 0.717) is 25.7 Å². The molecule has 4 aliphatic carbocycles. The van der Waals surface area contributed by atoms with Gasteiger partial charge in [-0.05, 0) is 117 Å². The van der Waals surface area contributed by atoms with Crippen molar-refractivity contribution < 1.29 is 94.8 Å². The molecular formula is C48H82O19. The van der Waals surface area contributed by atoms with E-state index in [-0.39, 0.29) is 35.5 Å². The van der Waals surface area contributed by atoms with E-state index in [1.54, 1.807) is 0 Å². The van der Waals surface area contributed by atoms with Crippen molar-refractivity contribution in [2.75, 3.05) is 19.8 Å². The van der Waals surface area contributed by atoms with Crippen molar-refractivity contribution in [3.8, 4) is 0 Å². The SMILES string of the molecule is CC(C)=CCC[C@](C)(O[C@@H]1O[C@H](CO)[C@@H](O)[C@H](O)[C@H]1O)[C@H]1CC[C@]2(C)[C@@H]1[C@H](O)CC1[C@@]3(C)C[C@@H](O)[C@H](O[C@@H]4O[C@H](CO)[C@@H](O)[C@H](O)[C@H]4O[C@@H]4O[C@H](CO)[C@@H](O)[C@H](O)[C@H]4O)C(C)(C)C3CC[C@]12C. The summed E-state index contributed by atoms with van der Waals surface area (Å²) in [6.45, 7) is 14.7. The summed E-state index contributed by atoms with van der Waals surface area (Å²) in [5.74, 6) is -0.628. The third kappa shape index (κ3) is 9.03. The van der Waals surface area contributed by atoms with Gasteiger partial charge < -0.3 is 94.8 Å². The molecule has 388 valence electrons. The smallest absolute Gasteiger partial charge is 0.187 e.